The molecule has 3 heterocycles. The number of nitrogens with one attached hydrogen (secondary N) is 3. The zero-order valence-electron chi connectivity index (χ0n) is 12.8. The van der Waals surface area contributed by atoms with Crippen molar-refractivity contribution in [3.05, 3.63) is 52.0 Å². The summed E-state index contributed by atoms with van der Waals surface area (Å²) in [6.45, 7) is 4.47. The Hall–Kier alpha value is -2.48. The summed E-state index contributed by atoms with van der Waals surface area (Å²) in [5.74, 6) is 1.87. The molecular formula is C15H16BrN7. The third-order valence-electron chi connectivity index (χ3n) is 3.07. The number of hydrogen-bond acceptors (Lipinski definition) is 6. The van der Waals surface area contributed by atoms with Crippen LogP contribution in [-0.2, 0) is 6.54 Å². The first-order valence-corrected chi connectivity index (χ1v) is 7.87. The Morgan fingerprint density at radius 3 is 2.83 bits per heavy atom. The first kappa shape index (κ1) is 15.4. The highest BCUT2D eigenvalue weighted by atomic mass is 79.9. The van der Waals surface area contributed by atoms with Crippen molar-refractivity contribution in [2.45, 2.75) is 20.4 Å². The van der Waals surface area contributed by atoms with E-state index in [1.54, 1.807) is 6.20 Å². The van der Waals surface area contributed by atoms with E-state index in [2.05, 4.69) is 51.7 Å². The highest BCUT2D eigenvalue weighted by molar-refractivity contribution is 9.10. The zero-order valence-corrected chi connectivity index (χ0v) is 14.3. The average molecular weight is 374 g/mol. The second-order valence-electron chi connectivity index (χ2n) is 5.08. The van der Waals surface area contributed by atoms with E-state index in [-0.39, 0.29) is 0 Å². The third kappa shape index (κ3) is 4.04. The van der Waals surface area contributed by atoms with Crippen LogP contribution < -0.4 is 10.6 Å². The molecule has 23 heavy (non-hydrogen) atoms. The van der Waals surface area contributed by atoms with Gasteiger partial charge in [0.15, 0.2) is 11.6 Å². The summed E-state index contributed by atoms with van der Waals surface area (Å²) in [7, 11) is 0. The number of anilines is 3. The number of nitrogens with zero attached hydrogens (tertiary/aromatic N) is 4. The quantitative estimate of drug-likeness (QED) is 0.635. The molecule has 0 bridgehead atoms. The van der Waals surface area contributed by atoms with Gasteiger partial charge in [0, 0.05) is 23.7 Å². The maximum Gasteiger partial charge on any atom is 0.225 e. The Balaban J connectivity index is 1.72. The molecule has 118 valence electrons. The molecule has 0 unspecified atom stereocenters. The lowest BCUT2D eigenvalue weighted by Crippen LogP contribution is -2.07. The highest BCUT2D eigenvalue weighted by Crippen LogP contribution is 2.23. The first-order valence-electron chi connectivity index (χ1n) is 7.08. The van der Waals surface area contributed by atoms with Gasteiger partial charge in [-0.2, -0.15) is 10.1 Å². The second kappa shape index (κ2) is 6.74. The molecule has 0 aromatic carbocycles. The van der Waals surface area contributed by atoms with E-state index < -0.39 is 0 Å². The predicted octanol–water partition coefficient (Wildman–Crippen LogP) is 3.33. The molecule has 0 saturated carbocycles. The number of halogens is 1. The van der Waals surface area contributed by atoms with Crippen molar-refractivity contribution >= 4 is 33.5 Å². The van der Waals surface area contributed by atoms with Gasteiger partial charge in [0.25, 0.3) is 0 Å². The van der Waals surface area contributed by atoms with Crippen molar-refractivity contribution in [3.63, 3.8) is 0 Å². The lowest BCUT2D eigenvalue weighted by molar-refractivity contribution is 0.981. The summed E-state index contributed by atoms with van der Waals surface area (Å²) >= 11 is 3.43. The highest BCUT2D eigenvalue weighted by Gasteiger charge is 2.07. The van der Waals surface area contributed by atoms with Crippen molar-refractivity contribution in [2.75, 3.05) is 10.6 Å². The molecule has 0 aliphatic rings. The number of rotatable bonds is 5. The molecule has 0 saturated heterocycles. The van der Waals surface area contributed by atoms with Crippen molar-refractivity contribution in [1.29, 1.82) is 0 Å². The Kier molecular flexibility index (Phi) is 4.52. The number of aryl methyl sites for hydroxylation is 2. The Bertz CT molecular complexity index is 815. The van der Waals surface area contributed by atoms with E-state index in [1.807, 2.05) is 38.1 Å². The Labute approximate surface area is 142 Å². The van der Waals surface area contributed by atoms with Crippen molar-refractivity contribution in [2.24, 2.45) is 0 Å². The minimum absolute atomic E-state index is 0.520. The van der Waals surface area contributed by atoms with Crippen LogP contribution in [0, 0.1) is 13.8 Å². The third-order valence-corrected chi connectivity index (χ3v) is 3.65. The van der Waals surface area contributed by atoms with Crippen LogP contribution in [-0.4, -0.2) is 25.1 Å². The van der Waals surface area contributed by atoms with Gasteiger partial charge >= 0.3 is 0 Å². The fourth-order valence-corrected chi connectivity index (χ4v) is 2.30. The van der Waals surface area contributed by atoms with Gasteiger partial charge in [-0.15, -0.1) is 0 Å². The first-order chi connectivity index (χ1) is 11.1. The number of hydrogen-bond donors (Lipinski definition) is 3. The maximum atomic E-state index is 4.45. The number of H-pyrrole nitrogens is 1. The van der Waals surface area contributed by atoms with E-state index in [4.69, 9.17) is 0 Å². The van der Waals surface area contributed by atoms with Gasteiger partial charge in [0.2, 0.25) is 5.95 Å². The normalized spacial score (nSPS) is 10.6. The molecule has 0 aliphatic carbocycles. The van der Waals surface area contributed by atoms with Gasteiger partial charge in [-0.05, 0) is 41.9 Å². The van der Waals surface area contributed by atoms with Crippen LogP contribution in [0.5, 0.6) is 0 Å². The van der Waals surface area contributed by atoms with Gasteiger partial charge in [-0.1, -0.05) is 6.07 Å². The Morgan fingerprint density at radius 1 is 1.22 bits per heavy atom. The minimum atomic E-state index is 0.520. The smallest absolute Gasteiger partial charge is 0.225 e. The zero-order chi connectivity index (χ0) is 16.2. The van der Waals surface area contributed by atoms with Crippen LogP contribution >= 0.6 is 15.9 Å². The molecule has 7 nitrogen and oxygen atoms in total. The van der Waals surface area contributed by atoms with Crippen molar-refractivity contribution in [3.8, 4) is 0 Å². The van der Waals surface area contributed by atoms with Crippen LogP contribution in [0.2, 0.25) is 0 Å². The SMILES string of the molecule is Cc1cccc(CNc2ncc(Br)c(Nc3cc(C)[nH]n3)n2)n1. The van der Waals surface area contributed by atoms with Crippen LogP contribution in [0.4, 0.5) is 17.6 Å². The lowest BCUT2D eigenvalue weighted by atomic mass is 10.3. The van der Waals surface area contributed by atoms with Crippen molar-refractivity contribution < 1.29 is 0 Å². The summed E-state index contributed by atoms with van der Waals surface area (Å²) in [5, 5.41) is 13.3. The standard InChI is InChI=1S/C15H16BrN7/c1-9-4-3-5-11(19-9)7-17-15-18-8-12(16)14(21-15)20-13-6-10(2)22-23-13/h3-6,8H,7H2,1-2H3,(H3,17,18,20,21,22,23). The summed E-state index contributed by atoms with van der Waals surface area (Å²) in [5.41, 5.74) is 2.90. The van der Waals surface area contributed by atoms with Crippen LogP contribution in [0.15, 0.2) is 34.9 Å². The summed E-state index contributed by atoms with van der Waals surface area (Å²) in [6.07, 6.45) is 1.70. The summed E-state index contributed by atoms with van der Waals surface area (Å²) in [6, 6.07) is 7.81. The van der Waals surface area contributed by atoms with Crippen LogP contribution in [0.1, 0.15) is 17.1 Å². The fraction of sp³-hybridized carbons (Fsp3) is 0.200. The van der Waals surface area contributed by atoms with E-state index in [9.17, 15) is 0 Å². The van der Waals surface area contributed by atoms with E-state index in [0.29, 0.717) is 24.1 Å². The second-order valence-corrected chi connectivity index (χ2v) is 5.93. The van der Waals surface area contributed by atoms with E-state index >= 15 is 0 Å². The number of aromatic nitrogens is 5. The summed E-state index contributed by atoms with van der Waals surface area (Å²) in [4.78, 5) is 13.2. The molecule has 8 heteroatoms. The van der Waals surface area contributed by atoms with Gasteiger partial charge in [0.05, 0.1) is 16.7 Å². The molecule has 3 rings (SSSR count). The number of aromatic amines is 1. The lowest BCUT2D eigenvalue weighted by Gasteiger charge is -2.08. The monoisotopic (exact) mass is 373 g/mol. The van der Waals surface area contributed by atoms with Crippen LogP contribution in [0.3, 0.4) is 0 Å². The van der Waals surface area contributed by atoms with Gasteiger partial charge in [0.1, 0.15) is 0 Å². The van der Waals surface area contributed by atoms with E-state index in [1.165, 1.54) is 0 Å². The molecule has 0 spiro atoms. The molecule has 0 fully saturated rings. The number of pyridine rings is 1. The molecule has 0 amide bonds. The summed E-state index contributed by atoms with van der Waals surface area (Å²) < 4.78 is 0.761. The Morgan fingerprint density at radius 2 is 2.09 bits per heavy atom. The van der Waals surface area contributed by atoms with Gasteiger partial charge in [-0.25, -0.2) is 4.98 Å². The molecule has 0 radical (unpaired) electrons. The molecule has 0 atom stereocenters. The topological polar surface area (TPSA) is 91.4 Å². The van der Waals surface area contributed by atoms with Crippen molar-refractivity contribution in [1.82, 2.24) is 25.1 Å². The predicted molar refractivity (Wildman–Crippen MR) is 92.6 cm³/mol. The van der Waals surface area contributed by atoms with Gasteiger partial charge < -0.3 is 10.6 Å². The largest absolute Gasteiger partial charge is 0.349 e. The molecule has 3 N–H and O–H groups in total. The molecular weight excluding hydrogens is 358 g/mol. The van der Waals surface area contributed by atoms with Gasteiger partial charge in [-0.3, -0.25) is 10.1 Å². The van der Waals surface area contributed by atoms with Crippen LogP contribution in [0.25, 0.3) is 0 Å². The minimum Gasteiger partial charge on any atom is -0.349 e. The fourth-order valence-electron chi connectivity index (χ4n) is 2.01. The molecule has 0 aliphatic heterocycles. The molecule has 3 aromatic heterocycles. The average Bonchev–Trinajstić information content (AvgIpc) is 2.93. The maximum absolute atomic E-state index is 4.45. The van der Waals surface area contributed by atoms with E-state index in [0.717, 1.165) is 21.6 Å². The molecule has 3 aromatic rings.